The van der Waals surface area contributed by atoms with Crippen molar-refractivity contribution in [2.45, 2.75) is 13.5 Å². The number of aromatic nitrogens is 3. The lowest BCUT2D eigenvalue weighted by Crippen LogP contribution is -2.17. The number of rotatable bonds is 3. The number of nitrogen functional groups attached to an aromatic ring is 1. The maximum absolute atomic E-state index is 6.12. The van der Waals surface area contributed by atoms with Gasteiger partial charge in [-0.2, -0.15) is 5.10 Å². The number of aromatic amines is 1. The zero-order valence-electron chi connectivity index (χ0n) is 10.8. The van der Waals surface area contributed by atoms with Gasteiger partial charge in [-0.15, -0.1) is 11.3 Å². The number of nitrogens with two attached hydrogens (primary N) is 1. The van der Waals surface area contributed by atoms with Gasteiger partial charge in [0, 0.05) is 17.3 Å². The predicted octanol–water partition coefficient (Wildman–Crippen LogP) is 2.55. The highest BCUT2D eigenvalue weighted by Gasteiger charge is 2.11. The highest BCUT2D eigenvalue weighted by atomic mass is 32.1. The van der Waals surface area contributed by atoms with E-state index in [1.165, 1.54) is 4.88 Å². The summed E-state index contributed by atoms with van der Waals surface area (Å²) in [6, 6.07) is 3.98. The van der Waals surface area contributed by atoms with Gasteiger partial charge in [-0.3, -0.25) is 5.10 Å². The van der Waals surface area contributed by atoms with Crippen LogP contribution in [0.3, 0.4) is 0 Å². The van der Waals surface area contributed by atoms with Crippen LogP contribution in [-0.2, 0) is 6.54 Å². The standard InChI is InChI=1S/C13H15N5S/c1-8-13(19-7-15-8)6-18(2)12-4-11-9(3-10(12)14)5-16-17-11/h3-5,7H,6,14H2,1-2H3,(H,16,17). The Morgan fingerprint density at radius 1 is 1.42 bits per heavy atom. The summed E-state index contributed by atoms with van der Waals surface area (Å²) in [7, 11) is 2.03. The Morgan fingerprint density at radius 3 is 3.00 bits per heavy atom. The normalized spacial score (nSPS) is 11.1. The molecule has 0 spiro atoms. The Hall–Kier alpha value is -2.08. The molecule has 2 aromatic heterocycles. The summed E-state index contributed by atoms with van der Waals surface area (Å²) >= 11 is 1.67. The van der Waals surface area contributed by atoms with Gasteiger partial charge in [0.25, 0.3) is 0 Å². The van der Waals surface area contributed by atoms with Gasteiger partial charge in [0.2, 0.25) is 0 Å². The minimum atomic E-state index is 0.763. The number of hydrogen-bond acceptors (Lipinski definition) is 5. The minimum absolute atomic E-state index is 0.763. The lowest BCUT2D eigenvalue weighted by atomic mass is 10.2. The van der Waals surface area contributed by atoms with Crippen molar-refractivity contribution in [3.8, 4) is 0 Å². The van der Waals surface area contributed by atoms with Crippen molar-refractivity contribution in [1.29, 1.82) is 0 Å². The van der Waals surface area contributed by atoms with Crippen LogP contribution in [0.4, 0.5) is 11.4 Å². The summed E-state index contributed by atoms with van der Waals surface area (Å²) in [5.41, 5.74) is 11.8. The average Bonchev–Trinajstić information content (AvgIpc) is 2.97. The van der Waals surface area contributed by atoms with E-state index in [4.69, 9.17) is 5.73 Å². The molecule has 0 aliphatic heterocycles. The molecule has 2 heterocycles. The second-order valence-electron chi connectivity index (χ2n) is 4.59. The second kappa shape index (κ2) is 4.55. The molecule has 6 heteroatoms. The number of nitrogens with zero attached hydrogens (tertiary/aromatic N) is 3. The quantitative estimate of drug-likeness (QED) is 0.719. The molecule has 98 valence electrons. The zero-order chi connectivity index (χ0) is 13.4. The van der Waals surface area contributed by atoms with E-state index in [0.29, 0.717) is 0 Å². The Bertz CT molecular complexity index is 715. The number of thiazole rings is 1. The molecule has 0 saturated heterocycles. The Labute approximate surface area is 115 Å². The number of benzene rings is 1. The van der Waals surface area contributed by atoms with Crippen LogP contribution in [0.5, 0.6) is 0 Å². The monoisotopic (exact) mass is 273 g/mol. The molecule has 5 nitrogen and oxygen atoms in total. The molecule has 0 fully saturated rings. The fourth-order valence-corrected chi connectivity index (χ4v) is 2.94. The summed E-state index contributed by atoms with van der Waals surface area (Å²) in [6.07, 6.45) is 1.78. The molecular formula is C13H15N5S. The maximum Gasteiger partial charge on any atom is 0.0798 e. The first-order chi connectivity index (χ1) is 9.15. The topological polar surface area (TPSA) is 70.8 Å². The van der Waals surface area contributed by atoms with E-state index >= 15 is 0 Å². The number of aryl methyl sites for hydroxylation is 1. The Balaban J connectivity index is 1.94. The highest BCUT2D eigenvalue weighted by molar-refractivity contribution is 7.09. The van der Waals surface area contributed by atoms with Gasteiger partial charge < -0.3 is 10.6 Å². The smallest absolute Gasteiger partial charge is 0.0798 e. The van der Waals surface area contributed by atoms with Gasteiger partial charge in [-0.1, -0.05) is 0 Å². The van der Waals surface area contributed by atoms with Crippen LogP contribution >= 0.6 is 11.3 Å². The maximum atomic E-state index is 6.12. The first-order valence-electron chi connectivity index (χ1n) is 5.98. The molecule has 0 saturated carbocycles. The second-order valence-corrected chi connectivity index (χ2v) is 5.52. The van der Waals surface area contributed by atoms with E-state index in [1.54, 1.807) is 17.5 Å². The molecule has 3 N–H and O–H groups in total. The molecule has 0 bridgehead atoms. The molecule has 19 heavy (non-hydrogen) atoms. The molecular weight excluding hydrogens is 258 g/mol. The van der Waals surface area contributed by atoms with Gasteiger partial charge in [0.05, 0.1) is 40.8 Å². The largest absolute Gasteiger partial charge is 0.397 e. The predicted molar refractivity (Wildman–Crippen MR) is 79.5 cm³/mol. The first kappa shape index (κ1) is 12.0. The van der Waals surface area contributed by atoms with Gasteiger partial charge >= 0.3 is 0 Å². The number of fused-ring (bicyclic) bond motifs is 1. The lowest BCUT2D eigenvalue weighted by molar-refractivity contribution is 0.928. The molecule has 0 aliphatic rings. The molecule has 1 aromatic carbocycles. The van der Waals surface area contributed by atoms with E-state index in [0.717, 1.165) is 34.5 Å². The van der Waals surface area contributed by atoms with E-state index in [1.807, 2.05) is 31.6 Å². The van der Waals surface area contributed by atoms with Gasteiger partial charge in [-0.25, -0.2) is 4.98 Å². The molecule has 0 radical (unpaired) electrons. The van der Waals surface area contributed by atoms with Crippen LogP contribution in [0.25, 0.3) is 10.9 Å². The van der Waals surface area contributed by atoms with Crippen LogP contribution in [0.1, 0.15) is 10.6 Å². The van der Waals surface area contributed by atoms with Crippen molar-refractivity contribution in [3.63, 3.8) is 0 Å². The molecule has 0 unspecified atom stereocenters. The number of anilines is 2. The van der Waals surface area contributed by atoms with Crippen molar-refractivity contribution < 1.29 is 0 Å². The lowest BCUT2D eigenvalue weighted by Gasteiger charge is -2.20. The summed E-state index contributed by atoms with van der Waals surface area (Å²) < 4.78 is 0. The number of H-pyrrole nitrogens is 1. The van der Waals surface area contributed by atoms with Gasteiger partial charge in [0.1, 0.15) is 0 Å². The van der Waals surface area contributed by atoms with E-state index < -0.39 is 0 Å². The van der Waals surface area contributed by atoms with Gasteiger partial charge in [-0.05, 0) is 19.1 Å². The summed E-state index contributed by atoms with van der Waals surface area (Å²) in [5.74, 6) is 0. The van der Waals surface area contributed by atoms with Crippen molar-refractivity contribution in [2.75, 3.05) is 17.7 Å². The molecule has 0 aliphatic carbocycles. The SMILES string of the molecule is Cc1ncsc1CN(C)c1cc2[nH]ncc2cc1N. The van der Waals surface area contributed by atoms with Crippen molar-refractivity contribution in [2.24, 2.45) is 0 Å². The van der Waals surface area contributed by atoms with E-state index in [2.05, 4.69) is 20.1 Å². The molecule has 3 aromatic rings. The van der Waals surface area contributed by atoms with Crippen molar-refractivity contribution in [3.05, 3.63) is 34.4 Å². The number of nitrogens with one attached hydrogen (secondary N) is 1. The summed E-state index contributed by atoms with van der Waals surface area (Å²) in [5, 5.41) is 8.03. The van der Waals surface area contributed by atoms with Crippen LogP contribution < -0.4 is 10.6 Å². The zero-order valence-corrected chi connectivity index (χ0v) is 11.7. The van der Waals surface area contributed by atoms with Crippen LogP contribution in [-0.4, -0.2) is 22.2 Å². The number of hydrogen-bond donors (Lipinski definition) is 2. The van der Waals surface area contributed by atoms with E-state index in [9.17, 15) is 0 Å². The Morgan fingerprint density at radius 2 is 2.26 bits per heavy atom. The molecule has 0 amide bonds. The summed E-state index contributed by atoms with van der Waals surface area (Å²) in [6.45, 7) is 2.83. The average molecular weight is 273 g/mol. The van der Waals surface area contributed by atoms with Crippen molar-refractivity contribution in [1.82, 2.24) is 15.2 Å². The fraction of sp³-hybridized carbons (Fsp3) is 0.231. The Kier molecular flexibility index (Phi) is 2.87. The molecule has 0 atom stereocenters. The highest BCUT2D eigenvalue weighted by Crippen LogP contribution is 2.29. The third-order valence-corrected chi connectivity index (χ3v) is 4.14. The van der Waals surface area contributed by atoms with Crippen LogP contribution in [0.2, 0.25) is 0 Å². The fourth-order valence-electron chi connectivity index (χ4n) is 2.11. The van der Waals surface area contributed by atoms with Crippen molar-refractivity contribution >= 4 is 33.6 Å². The minimum Gasteiger partial charge on any atom is -0.397 e. The van der Waals surface area contributed by atoms with Gasteiger partial charge in [0.15, 0.2) is 0 Å². The third-order valence-electron chi connectivity index (χ3n) is 3.22. The molecule has 3 rings (SSSR count). The van der Waals surface area contributed by atoms with Crippen LogP contribution in [0, 0.1) is 6.92 Å². The van der Waals surface area contributed by atoms with E-state index in [-0.39, 0.29) is 0 Å². The summed E-state index contributed by atoms with van der Waals surface area (Å²) in [4.78, 5) is 7.66. The van der Waals surface area contributed by atoms with Crippen LogP contribution in [0.15, 0.2) is 23.8 Å². The third kappa shape index (κ3) is 2.15. The first-order valence-corrected chi connectivity index (χ1v) is 6.86.